The molecule has 3 heterocycles. The molecule has 1 amide bonds. The number of nitrogens with zero attached hydrogens (tertiary/aromatic N) is 4. The summed E-state index contributed by atoms with van der Waals surface area (Å²) in [6, 6.07) is 0.357. The zero-order chi connectivity index (χ0) is 15.7. The molecule has 2 aliphatic rings. The number of rotatable bonds is 4. The number of halogens is 1. The molecule has 2 atom stereocenters. The molecule has 5 nitrogen and oxygen atoms in total. The molecule has 0 N–H and O–H groups in total. The van der Waals surface area contributed by atoms with E-state index in [1.807, 2.05) is 4.90 Å². The van der Waals surface area contributed by atoms with Gasteiger partial charge in [0.15, 0.2) is 0 Å². The number of carbonyl (C=O) groups excluding carboxylic acids is 1. The van der Waals surface area contributed by atoms with Crippen molar-refractivity contribution < 1.29 is 4.79 Å². The molecular weight excluding hydrogens is 300 g/mol. The fourth-order valence-electron chi connectivity index (χ4n) is 3.57. The first-order chi connectivity index (χ1) is 10.5. The molecule has 6 heteroatoms. The summed E-state index contributed by atoms with van der Waals surface area (Å²) in [4.78, 5) is 25.4. The molecule has 0 radical (unpaired) electrons. The first kappa shape index (κ1) is 15.7. The van der Waals surface area contributed by atoms with Gasteiger partial charge in [-0.05, 0) is 32.7 Å². The van der Waals surface area contributed by atoms with Crippen LogP contribution in [-0.4, -0.2) is 51.4 Å². The van der Waals surface area contributed by atoms with Crippen molar-refractivity contribution in [2.45, 2.75) is 45.7 Å². The van der Waals surface area contributed by atoms with Crippen LogP contribution in [0.5, 0.6) is 0 Å². The smallest absolute Gasteiger partial charge is 0.232 e. The standard InChI is InChI=1S/C16H23ClN4O/c1-3-12(2)21-11-16(15(21)22)5-4-6-20(10-16)9-13-7-19-14(17)8-18-13/h7-8,12H,3-6,9-11H2,1-2H3/t12-,16+/m0/s1. The number of amides is 1. The third-order valence-electron chi connectivity index (χ3n) is 5.03. The molecule has 1 aromatic heterocycles. The van der Waals surface area contributed by atoms with Gasteiger partial charge < -0.3 is 4.90 Å². The van der Waals surface area contributed by atoms with Crippen molar-refractivity contribution >= 4 is 17.5 Å². The topological polar surface area (TPSA) is 49.3 Å². The Bertz CT molecular complexity index is 550. The Kier molecular flexibility index (Phi) is 4.37. The lowest BCUT2D eigenvalue weighted by Crippen LogP contribution is -2.68. The Morgan fingerprint density at radius 2 is 2.18 bits per heavy atom. The van der Waals surface area contributed by atoms with Crippen molar-refractivity contribution in [3.63, 3.8) is 0 Å². The SMILES string of the molecule is CC[C@H](C)N1C[C@]2(CCCN(Cc3cnc(Cl)cn3)C2)C1=O. The third-order valence-corrected chi connectivity index (χ3v) is 5.22. The van der Waals surface area contributed by atoms with E-state index in [-0.39, 0.29) is 5.41 Å². The van der Waals surface area contributed by atoms with Crippen LogP contribution in [0.2, 0.25) is 5.15 Å². The fraction of sp³-hybridized carbons (Fsp3) is 0.688. The molecule has 0 aromatic carbocycles. The number of carbonyl (C=O) groups is 1. The molecule has 2 fully saturated rings. The maximum atomic E-state index is 12.6. The molecule has 0 unspecified atom stereocenters. The predicted molar refractivity (Wildman–Crippen MR) is 85.5 cm³/mol. The van der Waals surface area contributed by atoms with Crippen LogP contribution in [0.4, 0.5) is 0 Å². The van der Waals surface area contributed by atoms with E-state index < -0.39 is 0 Å². The van der Waals surface area contributed by atoms with Crippen molar-refractivity contribution in [1.82, 2.24) is 19.8 Å². The van der Waals surface area contributed by atoms with Crippen LogP contribution < -0.4 is 0 Å². The van der Waals surface area contributed by atoms with E-state index in [2.05, 4.69) is 28.7 Å². The average Bonchev–Trinajstić information content (AvgIpc) is 2.54. The van der Waals surface area contributed by atoms with E-state index in [0.717, 1.165) is 51.1 Å². The molecule has 22 heavy (non-hydrogen) atoms. The minimum absolute atomic E-state index is 0.151. The Balaban J connectivity index is 1.63. The second-order valence-corrected chi connectivity index (χ2v) is 7.00. The number of hydrogen-bond donors (Lipinski definition) is 0. The number of hydrogen-bond acceptors (Lipinski definition) is 4. The zero-order valence-corrected chi connectivity index (χ0v) is 14.0. The molecule has 1 aromatic rings. The van der Waals surface area contributed by atoms with Gasteiger partial charge in [-0.15, -0.1) is 0 Å². The second-order valence-electron chi connectivity index (χ2n) is 6.62. The van der Waals surface area contributed by atoms with E-state index in [1.54, 1.807) is 12.4 Å². The monoisotopic (exact) mass is 322 g/mol. The summed E-state index contributed by atoms with van der Waals surface area (Å²) in [6.07, 6.45) is 6.40. The van der Waals surface area contributed by atoms with Gasteiger partial charge in [-0.25, -0.2) is 4.98 Å². The molecule has 3 rings (SSSR count). The third kappa shape index (κ3) is 2.84. The Morgan fingerprint density at radius 1 is 1.36 bits per heavy atom. The van der Waals surface area contributed by atoms with Crippen LogP contribution in [0.1, 0.15) is 38.8 Å². The highest BCUT2D eigenvalue weighted by Crippen LogP contribution is 2.41. The molecule has 0 bridgehead atoms. The molecule has 0 saturated carbocycles. The van der Waals surface area contributed by atoms with Crippen LogP contribution >= 0.6 is 11.6 Å². The van der Waals surface area contributed by atoms with Gasteiger partial charge in [0, 0.05) is 25.7 Å². The van der Waals surface area contributed by atoms with Crippen LogP contribution in [0, 0.1) is 5.41 Å². The maximum absolute atomic E-state index is 12.6. The Morgan fingerprint density at radius 3 is 2.82 bits per heavy atom. The second kappa shape index (κ2) is 6.13. The minimum atomic E-state index is -0.151. The van der Waals surface area contributed by atoms with Crippen LogP contribution in [0.25, 0.3) is 0 Å². The Hall–Kier alpha value is -1.20. The fourth-order valence-corrected chi connectivity index (χ4v) is 3.67. The predicted octanol–water partition coefficient (Wildman–Crippen LogP) is 2.35. The van der Waals surface area contributed by atoms with E-state index in [9.17, 15) is 4.79 Å². The lowest BCUT2D eigenvalue weighted by Gasteiger charge is -2.55. The number of piperidine rings is 1. The van der Waals surface area contributed by atoms with E-state index >= 15 is 0 Å². The van der Waals surface area contributed by atoms with E-state index in [1.165, 1.54) is 0 Å². The number of likely N-dealkylation sites (tertiary alicyclic amines) is 2. The van der Waals surface area contributed by atoms with Crippen LogP contribution in [0.15, 0.2) is 12.4 Å². The van der Waals surface area contributed by atoms with Gasteiger partial charge in [-0.1, -0.05) is 18.5 Å². The molecular formula is C16H23ClN4O. The Labute approximate surface area is 136 Å². The summed E-state index contributed by atoms with van der Waals surface area (Å²) >= 11 is 5.77. The van der Waals surface area contributed by atoms with Gasteiger partial charge in [-0.3, -0.25) is 14.7 Å². The molecule has 1 spiro atoms. The lowest BCUT2D eigenvalue weighted by atomic mass is 9.71. The van der Waals surface area contributed by atoms with Crippen molar-refractivity contribution in [2.75, 3.05) is 19.6 Å². The summed E-state index contributed by atoms with van der Waals surface area (Å²) in [6.45, 7) is 7.77. The number of β-lactam (4-membered cyclic amide) rings is 1. The maximum Gasteiger partial charge on any atom is 0.232 e. The quantitative estimate of drug-likeness (QED) is 0.798. The van der Waals surface area contributed by atoms with Crippen molar-refractivity contribution in [3.05, 3.63) is 23.2 Å². The summed E-state index contributed by atoms with van der Waals surface area (Å²) in [5, 5.41) is 0.414. The first-order valence-corrected chi connectivity index (χ1v) is 8.42. The van der Waals surface area contributed by atoms with Gasteiger partial charge in [0.05, 0.1) is 23.5 Å². The number of aromatic nitrogens is 2. The average molecular weight is 323 g/mol. The summed E-state index contributed by atoms with van der Waals surface area (Å²) in [5.74, 6) is 0.341. The highest BCUT2D eigenvalue weighted by molar-refractivity contribution is 6.29. The molecule has 0 aliphatic carbocycles. The van der Waals surface area contributed by atoms with Crippen molar-refractivity contribution in [1.29, 1.82) is 0 Å². The van der Waals surface area contributed by atoms with Gasteiger partial charge >= 0.3 is 0 Å². The molecule has 2 aliphatic heterocycles. The summed E-state index contributed by atoms with van der Waals surface area (Å²) in [7, 11) is 0. The van der Waals surface area contributed by atoms with E-state index in [0.29, 0.717) is 17.1 Å². The van der Waals surface area contributed by atoms with Crippen LogP contribution in [0.3, 0.4) is 0 Å². The van der Waals surface area contributed by atoms with Crippen molar-refractivity contribution in [3.8, 4) is 0 Å². The first-order valence-electron chi connectivity index (χ1n) is 8.04. The molecule has 120 valence electrons. The molecule has 2 saturated heterocycles. The van der Waals surface area contributed by atoms with Gasteiger partial charge in [0.2, 0.25) is 5.91 Å². The van der Waals surface area contributed by atoms with Crippen LogP contribution in [-0.2, 0) is 11.3 Å². The summed E-state index contributed by atoms with van der Waals surface area (Å²) < 4.78 is 0. The zero-order valence-electron chi connectivity index (χ0n) is 13.3. The van der Waals surface area contributed by atoms with E-state index in [4.69, 9.17) is 11.6 Å². The largest absolute Gasteiger partial charge is 0.338 e. The van der Waals surface area contributed by atoms with Gasteiger partial charge in [-0.2, -0.15) is 0 Å². The highest BCUT2D eigenvalue weighted by Gasteiger charge is 2.54. The van der Waals surface area contributed by atoms with Gasteiger partial charge in [0.1, 0.15) is 5.15 Å². The normalized spacial score (nSPS) is 27.0. The highest BCUT2D eigenvalue weighted by atomic mass is 35.5. The lowest BCUT2D eigenvalue weighted by molar-refractivity contribution is -0.170. The van der Waals surface area contributed by atoms with Crippen molar-refractivity contribution in [2.24, 2.45) is 5.41 Å². The van der Waals surface area contributed by atoms with Gasteiger partial charge in [0.25, 0.3) is 0 Å². The minimum Gasteiger partial charge on any atom is -0.338 e. The summed E-state index contributed by atoms with van der Waals surface area (Å²) in [5.41, 5.74) is 0.758.